The van der Waals surface area contributed by atoms with Crippen LogP contribution in [0.25, 0.3) is 4.96 Å². The van der Waals surface area contributed by atoms with Gasteiger partial charge in [-0.25, -0.2) is 0 Å². The standard InChI is InChI=1S/C17H18N4O3S2/c1-17(2,3)13-14(23)21-15(19-18-13)26-16(20-21)25-9-12(22)10-6-5-7-11(8-10)24-4/h5-8H,9H2,1-4H3. The summed E-state index contributed by atoms with van der Waals surface area (Å²) in [7, 11) is 1.56. The molecule has 0 aliphatic rings. The molecule has 136 valence electrons. The first kappa shape index (κ1) is 18.5. The van der Waals surface area contributed by atoms with Crippen molar-refractivity contribution in [3.63, 3.8) is 0 Å². The number of hydrogen-bond donors (Lipinski definition) is 0. The van der Waals surface area contributed by atoms with E-state index in [-0.39, 0.29) is 17.1 Å². The van der Waals surface area contributed by atoms with Crippen LogP contribution < -0.4 is 10.3 Å². The van der Waals surface area contributed by atoms with Gasteiger partial charge < -0.3 is 4.74 Å². The largest absolute Gasteiger partial charge is 0.497 e. The number of ether oxygens (including phenoxy) is 1. The molecule has 0 amide bonds. The van der Waals surface area contributed by atoms with Crippen LogP contribution in [0.5, 0.6) is 5.75 Å². The Morgan fingerprint density at radius 1 is 1.31 bits per heavy atom. The van der Waals surface area contributed by atoms with E-state index in [1.54, 1.807) is 31.4 Å². The Hall–Kier alpha value is -2.26. The lowest BCUT2D eigenvalue weighted by molar-refractivity contribution is 0.102. The molecule has 0 atom stereocenters. The van der Waals surface area contributed by atoms with Crippen molar-refractivity contribution in [2.45, 2.75) is 30.5 Å². The van der Waals surface area contributed by atoms with Crippen LogP contribution in [0.15, 0.2) is 33.4 Å². The summed E-state index contributed by atoms with van der Waals surface area (Å²) in [4.78, 5) is 25.3. The molecule has 0 spiro atoms. The quantitative estimate of drug-likeness (QED) is 0.489. The molecular weight excluding hydrogens is 372 g/mol. The molecule has 0 saturated carbocycles. The second kappa shape index (κ2) is 7.16. The summed E-state index contributed by atoms with van der Waals surface area (Å²) >= 11 is 2.51. The van der Waals surface area contributed by atoms with Gasteiger partial charge in [0.15, 0.2) is 10.1 Å². The number of aromatic nitrogens is 4. The topological polar surface area (TPSA) is 86.5 Å². The van der Waals surface area contributed by atoms with Crippen molar-refractivity contribution in [1.82, 2.24) is 19.8 Å². The van der Waals surface area contributed by atoms with Crippen LogP contribution in [-0.4, -0.2) is 38.5 Å². The molecule has 0 saturated heterocycles. The monoisotopic (exact) mass is 390 g/mol. The number of carbonyl (C=O) groups is 1. The van der Waals surface area contributed by atoms with Gasteiger partial charge in [-0.1, -0.05) is 56.0 Å². The fourth-order valence-electron chi connectivity index (χ4n) is 2.23. The molecule has 26 heavy (non-hydrogen) atoms. The Balaban J connectivity index is 1.80. The number of Topliss-reactive ketones (excluding diaryl/α,β-unsaturated/α-hetero) is 1. The zero-order valence-electron chi connectivity index (χ0n) is 14.8. The van der Waals surface area contributed by atoms with E-state index in [9.17, 15) is 9.59 Å². The van der Waals surface area contributed by atoms with E-state index in [4.69, 9.17) is 4.74 Å². The van der Waals surface area contributed by atoms with Crippen LogP contribution in [0, 0.1) is 0 Å². The number of fused-ring (bicyclic) bond motifs is 1. The molecule has 9 heteroatoms. The third kappa shape index (κ3) is 3.78. The molecule has 0 unspecified atom stereocenters. The average Bonchev–Trinajstić information content (AvgIpc) is 3.03. The summed E-state index contributed by atoms with van der Waals surface area (Å²) in [6.45, 7) is 5.71. The molecular formula is C17H18N4O3S2. The molecule has 2 heterocycles. The van der Waals surface area contributed by atoms with Gasteiger partial charge in [-0.3, -0.25) is 9.59 Å². The smallest absolute Gasteiger partial charge is 0.297 e. The third-order valence-electron chi connectivity index (χ3n) is 3.60. The van der Waals surface area contributed by atoms with Gasteiger partial charge in [-0.15, -0.1) is 15.3 Å². The molecule has 0 radical (unpaired) electrons. The summed E-state index contributed by atoms with van der Waals surface area (Å²) in [5.41, 5.74) is 0.254. The number of carbonyl (C=O) groups excluding carboxylic acids is 1. The summed E-state index contributed by atoms with van der Waals surface area (Å²) < 4.78 is 6.99. The highest BCUT2D eigenvalue weighted by Gasteiger charge is 2.23. The second-order valence-corrected chi connectivity index (χ2v) is 8.79. The van der Waals surface area contributed by atoms with Crippen LogP contribution in [0.1, 0.15) is 36.8 Å². The van der Waals surface area contributed by atoms with Crippen molar-refractivity contribution in [3.05, 3.63) is 45.9 Å². The van der Waals surface area contributed by atoms with E-state index in [0.717, 1.165) is 0 Å². The third-order valence-corrected chi connectivity index (χ3v) is 5.63. The minimum atomic E-state index is -0.412. The maximum atomic E-state index is 12.5. The van der Waals surface area contributed by atoms with Gasteiger partial charge >= 0.3 is 0 Å². The minimum absolute atomic E-state index is 0.0398. The predicted molar refractivity (Wildman–Crippen MR) is 102 cm³/mol. The Labute approximate surface area is 158 Å². The van der Waals surface area contributed by atoms with E-state index in [1.807, 2.05) is 20.8 Å². The molecule has 7 nitrogen and oxygen atoms in total. The highest BCUT2D eigenvalue weighted by molar-refractivity contribution is 8.01. The Kier molecular flexibility index (Phi) is 5.10. The van der Waals surface area contributed by atoms with E-state index in [1.165, 1.54) is 27.6 Å². The van der Waals surface area contributed by atoms with Crippen molar-refractivity contribution in [1.29, 1.82) is 0 Å². The number of nitrogens with zero attached hydrogens (tertiary/aromatic N) is 4. The van der Waals surface area contributed by atoms with Crippen LogP contribution in [-0.2, 0) is 5.41 Å². The van der Waals surface area contributed by atoms with Crippen molar-refractivity contribution in [2.24, 2.45) is 0 Å². The SMILES string of the molecule is COc1cccc(C(=O)CSc2nn3c(=O)c(C(C)(C)C)nnc3s2)c1. The van der Waals surface area contributed by atoms with Gasteiger partial charge in [0, 0.05) is 11.0 Å². The Morgan fingerprint density at radius 3 is 2.77 bits per heavy atom. The van der Waals surface area contributed by atoms with E-state index in [2.05, 4.69) is 15.3 Å². The maximum absolute atomic E-state index is 12.5. The van der Waals surface area contributed by atoms with E-state index >= 15 is 0 Å². The maximum Gasteiger partial charge on any atom is 0.297 e. The van der Waals surface area contributed by atoms with Crippen molar-refractivity contribution >= 4 is 33.8 Å². The van der Waals surface area contributed by atoms with Gasteiger partial charge in [-0.2, -0.15) is 4.52 Å². The van der Waals surface area contributed by atoms with E-state index in [0.29, 0.717) is 26.3 Å². The fourth-order valence-corrected chi connectivity index (χ4v) is 4.00. The van der Waals surface area contributed by atoms with Crippen LogP contribution in [0.4, 0.5) is 0 Å². The number of rotatable bonds is 5. The Morgan fingerprint density at radius 2 is 2.08 bits per heavy atom. The highest BCUT2D eigenvalue weighted by atomic mass is 32.2. The first-order valence-corrected chi connectivity index (χ1v) is 9.67. The summed E-state index contributed by atoms with van der Waals surface area (Å²) in [5.74, 6) is 0.806. The molecule has 0 aliphatic heterocycles. The number of thioether (sulfide) groups is 1. The molecule has 3 aromatic rings. The minimum Gasteiger partial charge on any atom is -0.497 e. The molecule has 0 N–H and O–H groups in total. The lowest BCUT2D eigenvalue weighted by Gasteiger charge is -2.14. The number of ketones is 1. The van der Waals surface area contributed by atoms with Gasteiger partial charge in [0.05, 0.1) is 12.9 Å². The van der Waals surface area contributed by atoms with Crippen molar-refractivity contribution in [2.75, 3.05) is 12.9 Å². The first-order valence-electron chi connectivity index (χ1n) is 7.86. The van der Waals surface area contributed by atoms with Crippen LogP contribution >= 0.6 is 23.1 Å². The van der Waals surface area contributed by atoms with Crippen LogP contribution in [0.2, 0.25) is 0 Å². The molecule has 1 aromatic carbocycles. The van der Waals surface area contributed by atoms with Crippen molar-refractivity contribution < 1.29 is 9.53 Å². The molecule has 0 fully saturated rings. The van der Waals surface area contributed by atoms with Crippen LogP contribution in [0.3, 0.4) is 0 Å². The van der Waals surface area contributed by atoms with E-state index < -0.39 is 5.41 Å². The fraction of sp³-hybridized carbons (Fsp3) is 0.353. The van der Waals surface area contributed by atoms with Crippen molar-refractivity contribution in [3.8, 4) is 5.75 Å². The highest BCUT2D eigenvalue weighted by Crippen LogP contribution is 2.25. The zero-order valence-corrected chi connectivity index (χ0v) is 16.5. The van der Waals surface area contributed by atoms with Gasteiger partial charge in [-0.05, 0) is 12.1 Å². The summed E-state index contributed by atoms with van der Waals surface area (Å²) in [6.07, 6.45) is 0. The molecule has 0 bridgehead atoms. The Bertz CT molecular complexity index is 1020. The lowest BCUT2D eigenvalue weighted by atomic mass is 9.93. The van der Waals surface area contributed by atoms with Gasteiger partial charge in [0.25, 0.3) is 5.56 Å². The summed E-state index contributed by atoms with van der Waals surface area (Å²) in [5, 5.41) is 12.4. The van der Waals surface area contributed by atoms with Gasteiger partial charge in [0.2, 0.25) is 4.96 Å². The normalized spacial score (nSPS) is 11.7. The second-order valence-electron chi connectivity index (χ2n) is 6.61. The van der Waals surface area contributed by atoms with Gasteiger partial charge in [0.1, 0.15) is 11.4 Å². The number of methoxy groups -OCH3 is 1. The lowest BCUT2D eigenvalue weighted by Crippen LogP contribution is -2.30. The molecule has 0 aliphatic carbocycles. The number of hydrogen-bond acceptors (Lipinski definition) is 8. The predicted octanol–water partition coefficient (Wildman–Crippen LogP) is 2.83. The number of benzene rings is 1. The molecule has 2 aromatic heterocycles. The first-order chi connectivity index (χ1) is 12.3. The summed E-state index contributed by atoms with van der Waals surface area (Å²) in [6, 6.07) is 7.01. The average molecular weight is 390 g/mol. The molecule has 3 rings (SSSR count). The zero-order chi connectivity index (χ0) is 18.9.